The van der Waals surface area contributed by atoms with Crippen molar-refractivity contribution in [3.05, 3.63) is 29.6 Å². The van der Waals surface area contributed by atoms with Crippen LogP contribution in [0.5, 0.6) is 0 Å². The highest BCUT2D eigenvalue weighted by Crippen LogP contribution is 2.12. The van der Waals surface area contributed by atoms with Crippen LogP contribution in [-0.2, 0) is 0 Å². The first-order valence-corrected chi connectivity index (χ1v) is 6.69. The van der Waals surface area contributed by atoms with Crippen molar-refractivity contribution in [3.8, 4) is 0 Å². The Morgan fingerprint density at radius 1 is 1.59 bits per heavy atom. The van der Waals surface area contributed by atoms with E-state index in [2.05, 4.69) is 12.2 Å². The monoisotopic (exact) mass is 256 g/mol. The van der Waals surface area contributed by atoms with E-state index in [4.69, 9.17) is 5.73 Å². The van der Waals surface area contributed by atoms with Gasteiger partial charge in [-0.25, -0.2) is 4.39 Å². The van der Waals surface area contributed by atoms with Gasteiger partial charge in [-0.2, -0.15) is 11.8 Å². The Balaban J connectivity index is 2.50. The van der Waals surface area contributed by atoms with E-state index in [9.17, 15) is 9.18 Å². The number of nitrogen functional groups attached to an aromatic ring is 1. The molecule has 0 aliphatic heterocycles. The lowest BCUT2D eigenvalue weighted by molar-refractivity contribution is 0.0953. The molecule has 1 unspecified atom stereocenters. The van der Waals surface area contributed by atoms with E-state index in [1.165, 1.54) is 12.1 Å². The van der Waals surface area contributed by atoms with Crippen molar-refractivity contribution < 1.29 is 9.18 Å². The van der Waals surface area contributed by atoms with Gasteiger partial charge in [0, 0.05) is 17.4 Å². The number of carbonyl (C=O) groups is 1. The van der Waals surface area contributed by atoms with E-state index in [0.717, 1.165) is 12.5 Å². The van der Waals surface area contributed by atoms with Crippen LogP contribution in [-0.4, -0.2) is 24.0 Å². The van der Waals surface area contributed by atoms with Crippen LogP contribution in [0.15, 0.2) is 18.2 Å². The van der Waals surface area contributed by atoms with Gasteiger partial charge in [-0.05, 0) is 30.9 Å². The van der Waals surface area contributed by atoms with Crippen molar-refractivity contribution in [1.29, 1.82) is 0 Å². The summed E-state index contributed by atoms with van der Waals surface area (Å²) in [6, 6.07) is 4.07. The second kappa shape index (κ2) is 6.49. The number of hydrogen-bond donors (Lipinski definition) is 2. The quantitative estimate of drug-likeness (QED) is 0.795. The molecule has 0 spiro atoms. The summed E-state index contributed by atoms with van der Waals surface area (Å²) in [4.78, 5) is 11.7. The van der Waals surface area contributed by atoms with Crippen LogP contribution in [0.4, 0.5) is 10.1 Å². The van der Waals surface area contributed by atoms with Crippen molar-refractivity contribution in [1.82, 2.24) is 5.32 Å². The summed E-state index contributed by atoms with van der Waals surface area (Å²) in [6.45, 7) is 2.69. The van der Waals surface area contributed by atoms with Gasteiger partial charge in [-0.15, -0.1) is 0 Å². The standard InChI is InChI=1S/C12H17FN2OS/c1-8(17-2)5-6-15-12(16)9-3-4-11(14)10(13)7-9/h3-4,7-8H,5-6,14H2,1-2H3,(H,15,16). The van der Waals surface area contributed by atoms with Gasteiger partial charge in [0.05, 0.1) is 5.69 Å². The molecule has 3 nitrogen and oxygen atoms in total. The van der Waals surface area contributed by atoms with Crippen LogP contribution in [0.3, 0.4) is 0 Å². The minimum absolute atomic E-state index is 0.0533. The van der Waals surface area contributed by atoms with Gasteiger partial charge >= 0.3 is 0 Å². The first-order chi connectivity index (χ1) is 8.04. The molecule has 0 aromatic heterocycles. The summed E-state index contributed by atoms with van der Waals surface area (Å²) >= 11 is 1.75. The van der Waals surface area contributed by atoms with Crippen molar-refractivity contribution in [3.63, 3.8) is 0 Å². The van der Waals surface area contributed by atoms with Gasteiger partial charge in [0.25, 0.3) is 5.91 Å². The maximum Gasteiger partial charge on any atom is 0.251 e. The Bertz CT molecular complexity index is 398. The SMILES string of the molecule is CSC(C)CCNC(=O)c1ccc(N)c(F)c1. The Kier molecular flexibility index (Phi) is 5.28. The molecule has 0 aliphatic carbocycles. The highest BCUT2D eigenvalue weighted by atomic mass is 32.2. The summed E-state index contributed by atoms with van der Waals surface area (Å²) in [5, 5.41) is 3.25. The summed E-state index contributed by atoms with van der Waals surface area (Å²) in [6.07, 6.45) is 2.92. The molecule has 1 aromatic carbocycles. The third-order valence-corrected chi connectivity index (χ3v) is 3.54. The Morgan fingerprint density at radius 3 is 2.88 bits per heavy atom. The van der Waals surface area contributed by atoms with Gasteiger partial charge in [-0.1, -0.05) is 6.92 Å². The molecular weight excluding hydrogens is 239 g/mol. The minimum Gasteiger partial charge on any atom is -0.396 e. The van der Waals surface area contributed by atoms with E-state index < -0.39 is 5.82 Å². The van der Waals surface area contributed by atoms with Crippen LogP contribution >= 0.6 is 11.8 Å². The summed E-state index contributed by atoms with van der Waals surface area (Å²) < 4.78 is 13.1. The van der Waals surface area contributed by atoms with E-state index in [0.29, 0.717) is 17.4 Å². The number of nitrogens with two attached hydrogens (primary N) is 1. The lowest BCUT2D eigenvalue weighted by Gasteiger charge is -2.09. The molecule has 17 heavy (non-hydrogen) atoms. The van der Waals surface area contributed by atoms with Gasteiger partial charge in [0.2, 0.25) is 0 Å². The number of rotatable bonds is 5. The number of hydrogen-bond acceptors (Lipinski definition) is 3. The highest BCUT2D eigenvalue weighted by Gasteiger charge is 2.08. The number of nitrogens with one attached hydrogen (secondary N) is 1. The second-order valence-corrected chi connectivity index (χ2v) is 5.10. The molecule has 0 heterocycles. The van der Waals surface area contributed by atoms with Crippen molar-refractivity contribution in [2.45, 2.75) is 18.6 Å². The third-order valence-electron chi connectivity index (χ3n) is 2.50. The zero-order chi connectivity index (χ0) is 12.8. The normalized spacial score (nSPS) is 12.2. The topological polar surface area (TPSA) is 55.1 Å². The molecular formula is C12H17FN2OS. The molecule has 94 valence electrons. The van der Waals surface area contributed by atoms with Crippen LogP contribution in [0.1, 0.15) is 23.7 Å². The molecule has 0 radical (unpaired) electrons. The fraction of sp³-hybridized carbons (Fsp3) is 0.417. The molecule has 5 heteroatoms. The fourth-order valence-electron chi connectivity index (χ4n) is 1.28. The summed E-state index contributed by atoms with van der Waals surface area (Å²) in [5.74, 6) is -0.827. The zero-order valence-electron chi connectivity index (χ0n) is 10.00. The Hall–Kier alpha value is -1.23. The molecule has 1 amide bonds. The molecule has 0 bridgehead atoms. The smallest absolute Gasteiger partial charge is 0.251 e. The van der Waals surface area contributed by atoms with E-state index in [-0.39, 0.29) is 11.6 Å². The van der Waals surface area contributed by atoms with Gasteiger partial charge < -0.3 is 11.1 Å². The zero-order valence-corrected chi connectivity index (χ0v) is 10.8. The third kappa shape index (κ3) is 4.26. The molecule has 1 rings (SSSR count). The predicted molar refractivity (Wildman–Crippen MR) is 70.7 cm³/mol. The lowest BCUT2D eigenvalue weighted by atomic mass is 10.2. The maximum atomic E-state index is 13.1. The molecule has 3 N–H and O–H groups in total. The lowest BCUT2D eigenvalue weighted by Crippen LogP contribution is -2.26. The molecule has 0 fully saturated rings. The van der Waals surface area contributed by atoms with Gasteiger partial charge in [0.15, 0.2) is 0 Å². The number of halogens is 1. The highest BCUT2D eigenvalue weighted by molar-refractivity contribution is 7.99. The summed E-state index contributed by atoms with van der Waals surface area (Å²) in [5.41, 5.74) is 5.69. The number of benzene rings is 1. The Labute approximate surface area is 105 Å². The molecule has 0 aliphatic rings. The number of thioether (sulfide) groups is 1. The molecule has 0 saturated carbocycles. The van der Waals surface area contributed by atoms with Gasteiger partial charge in [0.1, 0.15) is 5.82 Å². The molecule has 0 saturated heterocycles. The van der Waals surface area contributed by atoms with E-state index >= 15 is 0 Å². The van der Waals surface area contributed by atoms with Crippen molar-refractivity contribution in [2.75, 3.05) is 18.5 Å². The predicted octanol–water partition coefficient (Wildman–Crippen LogP) is 2.28. The molecule has 1 aromatic rings. The average molecular weight is 256 g/mol. The number of anilines is 1. The summed E-state index contributed by atoms with van der Waals surface area (Å²) in [7, 11) is 0. The van der Waals surface area contributed by atoms with Crippen LogP contribution in [0.25, 0.3) is 0 Å². The first kappa shape index (κ1) is 13.8. The van der Waals surface area contributed by atoms with Crippen LogP contribution in [0.2, 0.25) is 0 Å². The largest absolute Gasteiger partial charge is 0.396 e. The van der Waals surface area contributed by atoms with Gasteiger partial charge in [-0.3, -0.25) is 4.79 Å². The van der Waals surface area contributed by atoms with Crippen molar-refractivity contribution >= 4 is 23.4 Å². The van der Waals surface area contributed by atoms with Crippen molar-refractivity contribution in [2.24, 2.45) is 0 Å². The Morgan fingerprint density at radius 2 is 2.29 bits per heavy atom. The number of amides is 1. The maximum absolute atomic E-state index is 13.1. The minimum atomic E-state index is -0.560. The molecule has 1 atom stereocenters. The fourth-order valence-corrected chi connectivity index (χ4v) is 1.63. The second-order valence-electron chi connectivity index (χ2n) is 3.83. The van der Waals surface area contributed by atoms with Crippen LogP contribution in [0, 0.1) is 5.82 Å². The first-order valence-electron chi connectivity index (χ1n) is 5.40. The van der Waals surface area contributed by atoms with E-state index in [1.54, 1.807) is 11.8 Å². The average Bonchev–Trinajstić information content (AvgIpc) is 2.32. The number of carbonyl (C=O) groups excluding carboxylic acids is 1. The van der Waals surface area contributed by atoms with E-state index in [1.807, 2.05) is 6.26 Å². The van der Waals surface area contributed by atoms with Crippen LogP contribution < -0.4 is 11.1 Å².